The molecule has 0 saturated carbocycles. The topological polar surface area (TPSA) is 73.2 Å². The first-order valence-corrected chi connectivity index (χ1v) is 12.8. The van der Waals surface area contributed by atoms with E-state index in [4.69, 9.17) is 0 Å². The molecule has 1 heterocycles. The minimum atomic E-state index is -0.531. The number of nitrogens with one attached hydrogen (secondary N) is 1. The number of nitriles is 1. The van der Waals surface area contributed by atoms with Crippen LogP contribution in [-0.2, 0) is 16.0 Å². The molecule has 1 saturated heterocycles. The number of hydrogen-bond donors (Lipinski definition) is 1. The lowest BCUT2D eigenvalue weighted by atomic mass is 10.0. The highest BCUT2D eigenvalue weighted by Gasteiger charge is 2.40. The molecule has 2 amide bonds. The molecule has 0 aliphatic carbocycles. The van der Waals surface area contributed by atoms with Gasteiger partial charge in [-0.25, -0.2) is 0 Å². The second-order valence-electron chi connectivity index (χ2n) is 9.33. The fraction of sp³-hybridized carbons (Fsp3) is 0.233. The van der Waals surface area contributed by atoms with Crippen molar-refractivity contribution < 1.29 is 9.59 Å². The zero-order valence-corrected chi connectivity index (χ0v) is 21.7. The van der Waals surface area contributed by atoms with Gasteiger partial charge in [0, 0.05) is 11.4 Å². The highest BCUT2D eigenvalue weighted by Crippen LogP contribution is 2.42. The first-order valence-electron chi connectivity index (χ1n) is 12.0. The number of nitrogens with zero attached hydrogens (tertiary/aromatic N) is 2. The lowest BCUT2D eigenvalue weighted by Crippen LogP contribution is -2.31. The molecule has 182 valence electrons. The Morgan fingerprint density at radius 2 is 1.72 bits per heavy atom. The number of anilines is 2. The molecule has 4 rings (SSSR count). The van der Waals surface area contributed by atoms with Crippen molar-refractivity contribution in [3.8, 4) is 6.07 Å². The number of thioether (sulfide) groups is 1. The minimum absolute atomic E-state index is 0.0754. The zero-order valence-electron chi connectivity index (χ0n) is 20.9. The van der Waals surface area contributed by atoms with Crippen LogP contribution < -0.4 is 10.2 Å². The Kier molecular flexibility index (Phi) is 7.61. The van der Waals surface area contributed by atoms with Crippen LogP contribution in [0.3, 0.4) is 0 Å². The van der Waals surface area contributed by atoms with Gasteiger partial charge in [-0.2, -0.15) is 5.26 Å². The Balaban J connectivity index is 1.73. The Morgan fingerprint density at radius 1 is 1.03 bits per heavy atom. The monoisotopic (exact) mass is 495 g/mol. The van der Waals surface area contributed by atoms with Crippen molar-refractivity contribution in [2.75, 3.05) is 10.2 Å². The van der Waals surface area contributed by atoms with Crippen LogP contribution in [0.5, 0.6) is 0 Å². The van der Waals surface area contributed by atoms with E-state index in [1.807, 2.05) is 68.4 Å². The standard InChI is InChI=1S/C30H29N3O2S/c1-19(2)23-10-14-25(15-11-23)33-29(35)27(17-22-7-5-6-21(4)16-22)36-30(33)26(18-31)28(34)32-24-12-8-20(3)9-13-24/h5-16,19,27H,17H2,1-4H3,(H,32,34)/b30-26-. The smallest absolute Gasteiger partial charge is 0.269 e. The van der Waals surface area contributed by atoms with Crippen LogP contribution in [0.4, 0.5) is 11.4 Å². The van der Waals surface area contributed by atoms with Gasteiger partial charge >= 0.3 is 0 Å². The Bertz CT molecular complexity index is 1350. The highest BCUT2D eigenvalue weighted by atomic mass is 32.2. The van der Waals surface area contributed by atoms with Crippen LogP contribution in [0.25, 0.3) is 0 Å². The fourth-order valence-electron chi connectivity index (χ4n) is 4.11. The van der Waals surface area contributed by atoms with Gasteiger partial charge in [0.05, 0.1) is 5.25 Å². The van der Waals surface area contributed by atoms with Gasteiger partial charge in [-0.3, -0.25) is 14.5 Å². The normalized spacial score (nSPS) is 16.7. The van der Waals surface area contributed by atoms with E-state index in [0.29, 0.717) is 28.7 Å². The maximum Gasteiger partial charge on any atom is 0.269 e. The average molecular weight is 496 g/mol. The Labute approximate surface area is 216 Å². The quantitative estimate of drug-likeness (QED) is 0.313. The predicted molar refractivity (Wildman–Crippen MR) is 147 cm³/mol. The number of amides is 2. The fourth-order valence-corrected chi connectivity index (χ4v) is 5.42. The van der Waals surface area contributed by atoms with E-state index >= 15 is 0 Å². The summed E-state index contributed by atoms with van der Waals surface area (Å²) < 4.78 is 0. The van der Waals surface area contributed by atoms with Gasteiger partial charge in [-0.05, 0) is 61.6 Å². The molecular weight excluding hydrogens is 466 g/mol. The van der Waals surface area contributed by atoms with Crippen molar-refractivity contribution in [1.29, 1.82) is 5.26 Å². The number of hydrogen-bond acceptors (Lipinski definition) is 4. The third-order valence-electron chi connectivity index (χ3n) is 6.14. The van der Waals surface area contributed by atoms with Crippen LogP contribution in [0, 0.1) is 25.2 Å². The average Bonchev–Trinajstić information content (AvgIpc) is 3.16. The molecule has 3 aromatic rings. The van der Waals surface area contributed by atoms with Crippen LogP contribution in [0.15, 0.2) is 83.4 Å². The zero-order chi connectivity index (χ0) is 25.8. The first-order chi connectivity index (χ1) is 17.3. The van der Waals surface area contributed by atoms with Crippen molar-refractivity contribution >= 4 is 35.0 Å². The Morgan fingerprint density at radius 3 is 2.33 bits per heavy atom. The van der Waals surface area contributed by atoms with Gasteiger partial charge in [0.25, 0.3) is 5.91 Å². The van der Waals surface area contributed by atoms with Crippen LogP contribution in [0.2, 0.25) is 0 Å². The summed E-state index contributed by atoms with van der Waals surface area (Å²) in [6, 6.07) is 25.2. The molecule has 5 nitrogen and oxygen atoms in total. The number of aryl methyl sites for hydroxylation is 2. The summed E-state index contributed by atoms with van der Waals surface area (Å²) in [4.78, 5) is 28.4. The van der Waals surface area contributed by atoms with E-state index < -0.39 is 11.2 Å². The predicted octanol–water partition coefficient (Wildman–Crippen LogP) is 6.49. The van der Waals surface area contributed by atoms with E-state index in [9.17, 15) is 14.9 Å². The molecule has 0 radical (unpaired) electrons. The molecule has 0 spiro atoms. The van der Waals surface area contributed by atoms with E-state index in [1.165, 1.54) is 16.7 Å². The van der Waals surface area contributed by atoms with Gasteiger partial charge in [0.15, 0.2) is 0 Å². The molecule has 1 atom stereocenters. The lowest BCUT2D eigenvalue weighted by molar-refractivity contribution is -0.117. The summed E-state index contributed by atoms with van der Waals surface area (Å²) in [5.74, 6) is -0.317. The summed E-state index contributed by atoms with van der Waals surface area (Å²) in [5.41, 5.74) is 5.55. The second-order valence-corrected chi connectivity index (χ2v) is 10.5. The molecule has 1 fully saturated rings. The lowest BCUT2D eigenvalue weighted by Gasteiger charge is -2.19. The van der Waals surface area contributed by atoms with Crippen molar-refractivity contribution in [3.63, 3.8) is 0 Å². The maximum absolute atomic E-state index is 13.7. The third kappa shape index (κ3) is 5.53. The second kappa shape index (κ2) is 10.8. The molecule has 36 heavy (non-hydrogen) atoms. The molecule has 0 bridgehead atoms. The summed E-state index contributed by atoms with van der Waals surface area (Å²) in [5, 5.41) is 12.8. The number of rotatable bonds is 6. The van der Waals surface area contributed by atoms with E-state index in [-0.39, 0.29) is 11.5 Å². The summed E-state index contributed by atoms with van der Waals surface area (Å²) in [6.07, 6.45) is 0.507. The number of benzene rings is 3. The van der Waals surface area contributed by atoms with E-state index in [2.05, 4.69) is 31.3 Å². The highest BCUT2D eigenvalue weighted by molar-refractivity contribution is 8.05. The van der Waals surface area contributed by atoms with Gasteiger partial charge in [-0.1, -0.05) is 85.3 Å². The largest absolute Gasteiger partial charge is 0.321 e. The number of carbonyl (C=O) groups is 2. The number of carbonyl (C=O) groups excluding carboxylic acids is 2. The summed E-state index contributed by atoms with van der Waals surface area (Å²) >= 11 is 1.28. The molecule has 1 N–H and O–H groups in total. The van der Waals surface area contributed by atoms with E-state index in [1.54, 1.807) is 12.1 Å². The van der Waals surface area contributed by atoms with E-state index in [0.717, 1.165) is 22.3 Å². The maximum atomic E-state index is 13.7. The third-order valence-corrected chi connectivity index (χ3v) is 7.40. The van der Waals surface area contributed by atoms with Crippen molar-refractivity contribution in [1.82, 2.24) is 0 Å². The summed E-state index contributed by atoms with van der Waals surface area (Å²) in [7, 11) is 0. The molecule has 3 aromatic carbocycles. The molecule has 1 unspecified atom stereocenters. The van der Waals surface area contributed by atoms with Gasteiger partial charge in [0.1, 0.15) is 16.7 Å². The van der Waals surface area contributed by atoms with Gasteiger partial charge in [0.2, 0.25) is 5.91 Å². The molecule has 1 aliphatic rings. The van der Waals surface area contributed by atoms with Crippen molar-refractivity contribution in [2.45, 2.75) is 45.3 Å². The molecular formula is C30H29N3O2S. The van der Waals surface area contributed by atoms with Crippen LogP contribution in [-0.4, -0.2) is 17.1 Å². The van der Waals surface area contributed by atoms with Crippen molar-refractivity contribution in [2.24, 2.45) is 0 Å². The molecule has 0 aromatic heterocycles. The van der Waals surface area contributed by atoms with Crippen LogP contribution >= 0.6 is 11.8 Å². The molecule has 6 heteroatoms. The minimum Gasteiger partial charge on any atom is -0.321 e. The van der Waals surface area contributed by atoms with Gasteiger partial charge in [-0.15, -0.1) is 0 Å². The van der Waals surface area contributed by atoms with Crippen molar-refractivity contribution in [3.05, 3.63) is 106 Å². The van der Waals surface area contributed by atoms with Crippen LogP contribution in [0.1, 0.15) is 42.0 Å². The molecule has 1 aliphatic heterocycles. The van der Waals surface area contributed by atoms with Gasteiger partial charge < -0.3 is 5.32 Å². The first kappa shape index (κ1) is 25.3. The summed E-state index contributed by atoms with van der Waals surface area (Å²) in [6.45, 7) is 8.20. The SMILES string of the molecule is Cc1ccc(NC(=O)/C(C#N)=C2\SC(Cc3cccc(C)c3)C(=O)N2c2ccc(C(C)C)cc2)cc1. The Hall–Kier alpha value is -3.82.